The number of amides is 1. The molecule has 0 saturated carbocycles. The van der Waals surface area contributed by atoms with E-state index >= 15 is 0 Å². The van der Waals surface area contributed by atoms with Crippen LogP contribution >= 0.6 is 11.8 Å². The van der Waals surface area contributed by atoms with Gasteiger partial charge in [0.25, 0.3) is 0 Å². The van der Waals surface area contributed by atoms with Crippen LogP contribution in [0.25, 0.3) is 0 Å². The molecule has 2 atom stereocenters. The van der Waals surface area contributed by atoms with Crippen LogP contribution in [0.5, 0.6) is 0 Å². The Morgan fingerprint density at radius 1 is 1.50 bits per heavy atom. The minimum absolute atomic E-state index is 0.0718. The highest BCUT2D eigenvalue weighted by Crippen LogP contribution is 2.07. The normalized spacial score (nSPS) is 14.2. The molecule has 2 unspecified atom stereocenters. The fourth-order valence-electron chi connectivity index (χ4n) is 1.23. The fraction of sp³-hybridized carbons (Fsp3) is 0.800. The van der Waals surface area contributed by atoms with Gasteiger partial charge in [0.15, 0.2) is 0 Å². The number of hydrogen-bond donors (Lipinski definition) is 2. The van der Waals surface area contributed by atoms with Crippen molar-refractivity contribution in [3.8, 4) is 0 Å². The number of likely N-dealkylation sites (N-methyl/N-ethyl adjacent to an activating group) is 1. The summed E-state index contributed by atoms with van der Waals surface area (Å²) < 4.78 is 0. The second-order valence-corrected chi connectivity index (χ2v) is 4.70. The van der Waals surface area contributed by atoms with Crippen LogP contribution in [0.3, 0.4) is 0 Å². The van der Waals surface area contributed by atoms with Gasteiger partial charge in [-0.2, -0.15) is 11.8 Å². The van der Waals surface area contributed by atoms with E-state index in [1.165, 1.54) is 0 Å². The van der Waals surface area contributed by atoms with Gasteiger partial charge in [0.05, 0.1) is 6.04 Å². The average molecular weight is 248 g/mol. The molecule has 3 N–H and O–H groups in total. The Bertz CT molecular complexity index is 248. The molecule has 0 aliphatic rings. The maximum atomic E-state index is 11.8. The second-order valence-electron chi connectivity index (χ2n) is 3.79. The zero-order valence-corrected chi connectivity index (χ0v) is 10.8. The topological polar surface area (TPSA) is 83.6 Å². The molecule has 0 spiro atoms. The van der Waals surface area contributed by atoms with Crippen LogP contribution in [-0.2, 0) is 9.59 Å². The van der Waals surface area contributed by atoms with Crippen molar-refractivity contribution in [1.82, 2.24) is 4.90 Å². The minimum Gasteiger partial charge on any atom is -0.481 e. The Morgan fingerprint density at radius 2 is 2.06 bits per heavy atom. The van der Waals surface area contributed by atoms with Crippen molar-refractivity contribution < 1.29 is 14.7 Å². The van der Waals surface area contributed by atoms with Gasteiger partial charge in [0.2, 0.25) is 5.91 Å². The molecule has 0 heterocycles. The number of nitrogens with two attached hydrogens (primary N) is 1. The van der Waals surface area contributed by atoms with Gasteiger partial charge in [0, 0.05) is 25.3 Å². The molecule has 5 nitrogen and oxygen atoms in total. The third-order valence-corrected chi connectivity index (χ3v) is 3.22. The lowest BCUT2D eigenvalue weighted by Crippen LogP contribution is -2.46. The van der Waals surface area contributed by atoms with Crippen molar-refractivity contribution in [3.05, 3.63) is 0 Å². The van der Waals surface area contributed by atoms with Gasteiger partial charge in [-0.1, -0.05) is 0 Å². The number of nitrogens with zero attached hydrogens (tertiary/aromatic N) is 1. The predicted octanol–water partition coefficient (Wildman–Crippen LogP) is 0.388. The molecule has 0 aromatic heterocycles. The van der Waals surface area contributed by atoms with E-state index in [0.717, 1.165) is 5.75 Å². The van der Waals surface area contributed by atoms with Crippen LogP contribution in [0, 0.1) is 0 Å². The molecule has 0 aliphatic heterocycles. The minimum atomic E-state index is -0.928. The maximum Gasteiger partial charge on any atom is 0.303 e. The summed E-state index contributed by atoms with van der Waals surface area (Å²) in [6.07, 6.45) is 2.08. The van der Waals surface area contributed by atoms with E-state index < -0.39 is 12.0 Å². The van der Waals surface area contributed by atoms with Crippen molar-refractivity contribution in [2.24, 2.45) is 5.73 Å². The molecule has 6 heteroatoms. The lowest BCUT2D eigenvalue weighted by molar-refractivity contribution is -0.137. The molecule has 0 saturated heterocycles. The largest absolute Gasteiger partial charge is 0.481 e. The van der Waals surface area contributed by atoms with E-state index in [9.17, 15) is 9.59 Å². The summed E-state index contributed by atoms with van der Waals surface area (Å²) in [6.45, 7) is 1.94. The Balaban J connectivity index is 4.15. The molecule has 0 rings (SSSR count). The lowest BCUT2D eigenvalue weighted by atomic mass is 10.1. The molecule has 94 valence electrons. The van der Waals surface area contributed by atoms with E-state index in [1.807, 2.05) is 13.2 Å². The third-order valence-electron chi connectivity index (χ3n) is 2.40. The molecule has 1 amide bonds. The van der Waals surface area contributed by atoms with Crippen molar-refractivity contribution in [2.75, 3.05) is 19.1 Å². The number of aliphatic carboxylic acids is 1. The maximum absolute atomic E-state index is 11.8. The summed E-state index contributed by atoms with van der Waals surface area (Å²) in [7, 11) is 1.70. The SMILES string of the molecule is CSCC(C)N(C)C(=O)C(N)CCC(=O)O. The van der Waals surface area contributed by atoms with E-state index in [0.29, 0.717) is 0 Å². The average Bonchev–Trinajstić information content (AvgIpc) is 2.23. The highest BCUT2D eigenvalue weighted by molar-refractivity contribution is 7.98. The summed E-state index contributed by atoms with van der Waals surface area (Å²) in [6, 6.07) is -0.608. The Labute approximate surface area is 100 Å². The van der Waals surface area contributed by atoms with Crippen molar-refractivity contribution in [2.45, 2.75) is 31.8 Å². The highest BCUT2D eigenvalue weighted by Gasteiger charge is 2.22. The van der Waals surface area contributed by atoms with Gasteiger partial charge in [0.1, 0.15) is 0 Å². The predicted molar refractivity (Wildman–Crippen MR) is 65.5 cm³/mol. The lowest BCUT2D eigenvalue weighted by Gasteiger charge is -2.26. The first kappa shape index (κ1) is 15.2. The van der Waals surface area contributed by atoms with E-state index in [4.69, 9.17) is 10.8 Å². The van der Waals surface area contributed by atoms with Crippen LogP contribution in [0.2, 0.25) is 0 Å². The fourth-order valence-corrected chi connectivity index (χ4v) is 1.94. The number of carboxylic acids is 1. The van der Waals surface area contributed by atoms with Gasteiger partial charge >= 0.3 is 5.97 Å². The Morgan fingerprint density at radius 3 is 2.50 bits per heavy atom. The van der Waals surface area contributed by atoms with Crippen LogP contribution in [0.4, 0.5) is 0 Å². The zero-order chi connectivity index (χ0) is 12.7. The Hall–Kier alpha value is -0.750. The molecule has 0 aromatic rings. The first-order valence-electron chi connectivity index (χ1n) is 5.13. The van der Waals surface area contributed by atoms with Gasteiger partial charge < -0.3 is 15.7 Å². The van der Waals surface area contributed by atoms with E-state index in [2.05, 4.69) is 0 Å². The molecule has 0 radical (unpaired) electrons. The molecule has 0 bridgehead atoms. The highest BCUT2D eigenvalue weighted by atomic mass is 32.2. The summed E-state index contributed by atoms with van der Waals surface area (Å²) in [5, 5.41) is 8.49. The molecule has 0 aromatic carbocycles. The van der Waals surface area contributed by atoms with Crippen molar-refractivity contribution >= 4 is 23.6 Å². The standard InChI is InChI=1S/C10H20N2O3S/c1-7(6-16-3)12(2)10(15)8(11)4-5-9(13)14/h7-8H,4-6,11H2,1-3H3,(H,13,14). The monoisotopic (exact) mass is 248 g/mol. The quantitative estimate of drug-likeness (QED) is 0.681. The summed E-state index contributed by atoms with van der Waals surface area (Å²) in [5.41, 5.74) is 5.64. The van der Waals surface area contributed by atoms with Gasteiger partial charge in [-0.25, -0.2) is 0 Å². The van der Waals surface area contributed by atoms with Crippen LogP contribution in [0.15, 0.2) is 0 Å². The number of thioether (sulfide) groups is 1. The number of hydrogen-bond acceptors (Lipinski definition) is 4. The third kappa shape index (κ3) is 5.37. The number of carbonyl (C=O) groups excluding carboxylic acids is 1. The second kappa shape index (κ2) is 7.51. The van der Waals surface area contributed by atoms with Crippen LogP contribution in [0.1, 0.15) is 19.8 Å². The first-order chi connectivity index (χ1) is 7.40. The van der Waals surface area contributed by atoms with Crippen molar-refractivity contribution in [1.29, 1.82) is 0 Å². The van der Waals surface area contributed by atoms with Gasteiger partial charge in [-0.15, -0.1) is 0 Å². The van der Waals surface area contributed by atoms with Crippen LogP contribution in [-0.4, -0.2) is 53.0 Å². The summed E-state index contributed by atoms with van der Waals surface area (Å²) in [4.78, 5) is 23.7. The Kier molecular flexibility index (Phi) is 7.16. The van der Waals surface area contributed by atoms with E-state index in [-0.39, 0.29) is 24.8 Å². The van der Waals surface area contributed by atoms with E-state index in [1.54, 1.807) is 23.7 Å². The van der Waals surface area contributed by atoms with Crippen molar-refractivity contribution in [3.63, 3.8) is 0 Å². The number of carbonyl (C=O) groups is 2. The molecular formula is C10H20N2O3S. The van der Waals surface area contributed by atoms with Gasteiger partial charge in [-0.05, 0) is 19.6 Å². The van der Waals surface area contributed by atoms with Gasteiger partial charge in [-0.3, -0.25) is 9.59 Å². The molecule has 0 fully saturated rings. The molecule has 16 heavy (non-hydrogen) atoms. The molecule has 0 aliphatic carbocycles. The zero-order valence-electron chi connectivity index (χ0n) is 9.97. The first-order valence-corrected chi connectivity index (χ1v) is 6.52. The summed E-state index contributed by atoms with van der Waals surface area (Å²) in [5.74, 6) is -0.278. The molecular weight excluding hydrogens is 228 g/mol. The summed E-state index contributed by atoms with van der Waals surface area (Å²) >= 11 is 1.66. The smallest absolute Gasteiger partial charge is 0.303 e. The van der Waals surface area contributed by atoms with Crippen LogP contribution < -0.4 is 5.73 Å². The number of rotatable bonds is 7. The number of carboxylic acid groups (broad SMARTS) is 1.